The second kappa shape index (κ2) is 11.0. The Morgan fingerprint density at radius 3 is 1.62 bits per heavy atom. The van der Waals surface area contributed by atoms with Crippen molar-refractivity contribution in [2.75, 3.05) is 82.0 Å². The molecule has 10 heteroatoms. The summed E-state index contributed by atoms with van der Waals surface area (Å²) in [7, 11) is 4.22. The average molecular weight is 481 g/mol. The molecule has 2 heterocycles. The van der Waals surface area contributed by atoms with Crippen molar-refractivity contribution in [1.29, 1.82) is 0 Å². The lowest BCUT2D eigenvalue weighted by atomic mass is 10.2. The molecule has 2 aromatic carbocycles. The van der Waals surface area contributed by atoms with Crippen molar-refractivity contribution in [2.45, 2.75) is 0 Å². The summed E-state index contributed by atoms with van der Waals surface area (Å²) in [5.74, 6) is 0. The number of halogens is 2. The number of nitro groups is 1. The molecule has 0 aliphatic carbocycles. The van der Waals surface area contributed by atoms with Crippen LogP contribution in [-0.2, 0) is 0 Å². The van der Waals surface area contributed by atoms with E-state index in [4.69, 9.17) is 28.9 Å². The van der Waals surface area contributed by atoms with Crippen LogP contribution in [0.2, 0.25) is 10.0 Å². The Kier molecular flexibility index (Phi) is 8.42. The number of nitrogen functional groups attached to an aromatic ring is 1. The Bertz CT molecular complexity index is 929. The van der Waals surface area contributed by atoms with E-state index in [0.29, 0.717) is 5.02 Å². The summed E-state index contributed by atoms with van der Waals surface area (Å²) < 4.78 is 0. The highest BCUT2D eigenvalue weighted by Gasteiger charge is 2.18. The minimum atomic E-state index is -0.431. The van der Waals surface area contributed by atoms with Crippen LogP contribution >= 0.6 is 23.2 Å². The lowest BCUT2D eigenvalue weighted by molar-refractivity contribution is -0.384. The van der Waals surface area contributed by atoms with Crippen molar-refractivity contribution >= 4 is 46.0 Å². The monoisotopic (exact) mass is 480 g/mol. The Morgan fingerprint density at radius 1 is 0.781 bits per heavy atom. The van der Waals surface area contributed by atoms with Gasteiger partial charge in [0.1, 0.15) is 0 Å². The zero-order valence-corrected chi connectivity index (χ0v) is 20.0. The van der Waals surface area contributed by atoms with Crippen molar-refractivity contribution in [3.05, 3.63) is 56.6 Å². The van der Waals surface area contributed by atoms with Crippen molar-refractivity contribution in [3.8, 4) is 0 Å². The number of hydrogen-bond donors (Lipinski definition) is 1. The van der Waals surface area contributed by atoms with Gasteiger partial charge in [-0.2, -0.15) is 0 Å². The molecule has 2 fully saturated rings. The topological polar surface area (TPSA) is 82.1 Å². The molecule has 0 radical (unpaired) electrons. The summed E-state index contributed by atoms with van der Waals surface area (Å²) >= 11 is 12.2. The molecular weight excluding hydrogens is 451 g/mol. The normalized spacial score (nSPS) is 17.6. The van der Waals surface area contributed by atoms with Crippen molar-refractivity contribution < 1.29 is 4.92 Å². The van der Waals surface area contributed by atoms with Crippen LogP contribution in [0.1, 0.15) is 0 Å². The number of anilines is 3. The van der Waals surface area contributed by atoms with Gasteiger partial charge in [-0.15, -0.1) is 0 Å². The van der Waals surface area contributed by atoms with Crippen molar-refractivity contribution in [1.82, 2.24) is 9.80 Å². The van der Waals surface area contributed by atoms with Gasteiger partial charge in [-0.1, -0.05) is 23.2 Å². The number of nitro benzene ring substituents is 1. The number of piperazine rings is 2. The van der Waals surface area contributed by atoms with Gasteiger partial charge in [-0.3, -0.25) is 10.1 Å². The third kappa shape index (κ3) is 6.38. The molecule has 32 heavy (non-hydrogen) atoms. The molecule has 0 spiro atoms. The molecule has 2 aromatic rings. The maximum absolute atomic E-state index is 10.6. The lowest BCUT2D eigenvalue weighted by Gasteiger charge is -2.34. The fourth-order valence-corrected chi connectivity index (χ4v) is 4.34. The predicted molar refractivity (Wildman–Crippen MR) is 133 cm³/mol. The Morgan fingerprint density at radius 2 is 1.22 bits per heavy atom. The van der Waals surface area contributed by atoms with Gasteiger partial charge >= 0.3 is 0 Å². The smallest absolute Gasteiger partial charge is 0.271 e. The van der Waals surface area contributed by atoms with Gasteiger partial charge in [0.25, 0.3) is 5.69 Å². The maximum Gasteiger partial charge on any atom is 0.271 e. The quantitative estimate of drug-likeness (QED) is 0.407. The van der Waals surface area contributed by atoms with Crippen LogP contribution in [-0.4, -0.2) is 81.2 Å². The van der Waals surface area contributed by atoms with E-state index >= 15 is 0 Å². The van der Waals surface area contributed by atoms with Gasteiger partial charge < -0.3 is 25.3 Å². The van der Waals surface area contributed by atoms with Crippen LogP contribution in [0, 0.1) is 10.1 Å². The lowest BCUT2D eigenvalue weighted by Crippen LogP contribution is -2.44. The standard InChI is InChI=1S/C11H14ClN3O2.C11H16ClN3/c1-13-4-6-14(7-5-13)11-3-2-9(15(16)17)8-10(11)12;1-14-4-6-15(7-5-14)11-3-2-9(13)8-10(11)12/h2-3,8H,4-7H2,1H3;2-3,8H,4-7,13H2,1H3. The van der Waals surface area contributed by atoms with Crippen LogP contribution in [0.3, 0.4) is 0 Å². The highest BCUT2D eigenvalue weighted by molar-refractivity contribution is 6.33. The number of hydrogen-bond acceptors (Lipinski definition) is 7. The molecule has 0 unspecified atom stereocenters. The van der Waals surface area contributed by atoms with E-state index in [9.17, 15) is 10.1 Å². The van der Waals surface area contributed by atoms with Crippen LogP contribution < -0.4 is 15.5 Å². The molecule has 4 rings (SSSR count). The Labute approximate surface area is 199 Å². The first-order valence-electron chi connectivity index (χ1n) is 10.6. The third-order valence-electron chi connectivity index (χ3n) is 5.80. The molecule has 2 N–H and O–H groups in total. The Balaban J connectivity index is 0.000000182. The van der Waals surface area contributed by atoms with E-state index < -0.39 is 4.92 Å². The van der Waals surface area contributed by atoms with Gasteiger partial charge in [-0.05, 0) is 38.4 Å². The van der Waals surface area contributed by atoms with Crippen LogP contribution in [0.4, 0.5) is 22.7 Å². The number of non-ortho nitro benzene ring substituents is 1. The second-order valence-corrected chi connectivity index (χ2v) is 9.00. The minimum absolute atomic E-state index is 0.0351. The molecule has 0 aromatic heterocycles. The molecule has 174 valence electrons. The fourth-order valence-electron chi connectivity index (χ4n) is 3.74. The summed E-state index contributed by atoms with van der Waals surface area (Å²) in [6.45, 7) is 7.98. The first kappa shape index (κ1) is 24.4. The number of benzene rings is 2. The SMILES string of the molecule is CN1CCN(c2ccc(N)cc2Cl)CC1.CN1CCN(c2ccc([N+](=O)[O-])cc2Cl)CC1. The summed E-state index contributed by atoms with van der Waals surface area (Å²) in [5, 5.41) is 11.8. The highest BCUT2D eigenvalue weighted by Crippen LogP contribution is 2.30. The largest absolute Gasteiger partial charge is 0.399 e. The number of nitrogens with two attached hydrogens (primary N) is 1. The molecule has 2 aliphatic heterocycles. The molecule has 8 nitrogen and oxygen atoms in total. The van der Waals surface area contributed by atoms with E-state index in [1.54, 1.807) is 6.07 Å². The molecule has 0 amide bonds. The fraction of sp³-hybridized carbons (Fsp3) is 0.455. The van der Waals surface area contributed by atoms with Crippen LogP contribution in [0.5, 0.6) is 0 Å². The average Bonchev–Trinajstić information content (AvgIpc) is 2.76. The van der Waals surface area contributed by atoms with Gasteiger partial charge in [0, 0.05) is 70.2 Å². The van der Waals surface area contributed by atoms with Crippen LogP contribution in [0.25, 0.3) is 0 Å². The van der Waals surface area contributed by atoms with Gasteiger partial charge in [0.15, 0.2) is 0 Å². The van der Waals surface area contributed by atoms with Gasteiger partial charge in [0.05, 0.1) is 26.3 Å². The summed E-state index contributed by atoms with van der Waals surface area (Å²) in [5.41, 5.74) is 8.40. The highest BCUT2D eigenvalue weighted by atomic mass is 35.5. The Hall–Kier alpha value is -2.26. The van der Waals surface area contributed by atoms with E-state index in [1.165, 1.54) is 12.1 Å². The maximum atomic E-state index is 10.6. The first-order valence-corrected chi connectivity index (χ1v) is 11.4. The zero-order valence-electron chi connectivity index (χ0n) is 18.5. The summed E-state index contributed by atoms with van der Waals surface area (Å²) in [6.07, 6.45) is 0. The number of rotatable bonds is 3. The number of likely N-dealkylation sites (N-methyl/N-ethyl adjacent to an activating group) is 2. The van der Waals surface area contributed by atoms with Crippen LogP contribution in [0.15, 0.2) is 36.4 Å². The van der Waals surface area contributed by atoms with E-state index in [0.717, 1.165) is 74.4 Å². The van der Waals surface area contributed by atoms with Crippen molar-refractivity contribution in [2.24, 2.45) is 0 Å². The van der Waals surface area contributed by atoms with Gasteiger partial charge in [-0.25, -0.2) is 0 Å². The van der Waals surface area contributed by atoms with Crippen molar-refractivity contribution in [3.63, 3.8) is 0 Å². The molecule has 0 atom stereocenters. The molecule has 2 saturated heterocycles. The first-order chi connectivity index (χ1) is 15.2. The number of nitrogens with zero attached hydrogens (tertiary/aromatic N) is 5. The summed E-state index contributed by atoms with van der Waals surface area (Å²) in [4.78, 5) is 19.2. The van der Waals surface area contributed by atoms with E-state index in [-0.39, 0.29) is 5.69 Å². The summed E-state index contributed by atoms with van der Waals surface area (Å²) in [6, 6.07) is 10.4. The zero-order chi connectivity index (χ0) is 23.3. The van der Waals surface area contributed by atoms with Gasteiger partial charge in [0.2, 0.25) is 0 Å². The van der Waals surface area contributed by atoms with E-state index in [1.807, 2.05) is 18.2 Å². The third-order valence-corrected chi connectivity index (χ3v) is 6.41. The molecule has 2 aliphatic rings. The van der Waals surface area contributed by atoms with E-state index in [2.05, 4.69) is 33.7 Å². The molecule has 0 bridgehead atoms. The predicted octanol–water partition coefficient (Wildman–Crippen LogP) is 3.67. The molecule has 0 saturated carbocycles. The second-order valence-electron chi connectivity index (χ2n) is 8.18. The molecular formula is C22H30Cl2N6O2. The minimum Gasteiger partial charge on any atom is -0.399 e.